The Morgan fingerprint density at radius 1 is 0.742 bits per heavy atom. The Bertz CT molecular complexity index is 2820. The zero-order valence-electron chi connectivity index (χ0n) is 35.6. The van der Waals surface area contributed by atoms with Crippen LogP contribution in [-0.2, 0) is 62.0 Å². The molecule has 0 saturated carbocycles. The molecule has 3 aromatic rings. The van der Waals surface area contributed by atoms with E-state index in [0.717, 1.165) is 46.2 Å². The van der Waals surface area contributed by atoms with Gasteiger partial charge in [0.1, 0.15) is 6.54 Å². The van der Waals surface area contributed by atoms with Crippen LogP contribution < -0.4 is 4.90 Å². The third-order valence-corrected chi connectivity index (χ3v) is 15.2. The van der Waals surface area contributed by atoms with Crippen molar-refractivity contribution in [1.82, 2.24) is 0 Å². The monoisotopic (exact) mass is 929 g/mol. The number of fused-ring (bicyclic) bond motifs is 2. The summed E-state index contributed by atoms with van der Waals surface area (Å²) in [6.45, 7) is 8.55. The zero-order chi connectivity index (χ0) is 46.1. The third kappa shape index (κ3) is 11.8. The highest BCUT2D eigenvalue weighted by atomic mass is 32.2. The molecule has 18 heteroatoms. The lowest BCUT2D eigenvalue weighted by Crippen LogP contribution is -2.28. The standard InChI is InChI=1S/C44H54N2O12S4/c1-43(2)36-20-18-34(59(5,49)50)29-38(36)45(25-7-9-27-61(53,54)55)40(43)22-16-33(32-14-11-31(12-15-32)13-24-42(47)48)17-23-41-44(3,4)37-21-19-35(60(6,51)52)30-39(37)46(41)26-8-10-28-62(56,57)58/h11-12,14-23,29-30H,7-10,13,24-28H2,1-6H3,(H2-,47,48,53,54,55,56,57,58)/p-1. The van der Waals surface area contributed by atoms with Gasteiger partial charge in [0.05, 0.1) is 35.4 Å². The number of hydrogen-bond acceptors (Lipinski definition) is 12. The molecular weight excluding hydrogens is 877 g/mol. The Labute approximate surface area is 365 Å². The minimum absolute atomic E-state index is 0.0487. The van der Waals surface area contributed by atoms with Gasteiger partial charge in [-0.05, 0) is 98.2 Å². The van der Waals surface area contributed by atoms with Gasteiger partial charge in [-0.2, -0.15) is 4.58 Å². The summed E-state index contributed by atoms with van der Waals surface area (Å²) in [7, 11) is -16.1. The van der Waals surface area contributed by atoms with Crippen LogP contribution in [0.3, 0.4) is 0 Å². The van der Waals surface area contributed by atoms with Gasteiger partial charge in [-0.15, -0.1) is 0 Å². The van der Waals surface area contributed by atoms with E-state index in [2.05, 4.69) is 0 Å². The lowest BCUT2D eigenvalue weighted by molar-refractivity contribution is -0.438. The molecule has 5 rings (SSSR count). The third-order valence-electron chi connectivity index (χ3n) is 11.4. The second kappa shape index (κ2) is 18.3. The molecule has 62 heavy (non-hydrogen) atoms. The molecule has 0 saturated heterocycles. The van der Waals surface area contributed by atoms with Crippen molar-refractivity contribution >= 4 is 68.5 Å². The smallest absolute Gasteiger partial charge is 0.303 e. The molecule has 14 nitrogen and oxygen atoms in total. The van der Waals surface area contributed by atoms with Crippen LogP contribution in [0.2, 0.25) is 0 Å². The van der Waals surface area contributed by atoms with Crippen LogP contribution in [0.1, 0.15) is 82.1 Å². The lowest BCUT2D eigenvalue weighted by Gasteiger charge is -2.27. The second-order valence-corrected chi connectivity index (χ2v) is 24.0. The van der Waals surface area contributed by atoms with E-state index in [1.54, 1.807) is 36.4 Å². The van der Waals surface area contributed by atoms with Crippen molar-refractivity contribution in [1.29, 1.82) is 0 Å². The van der Waals surface area contributed by atoms with Crippen molar-refractivity contribution in [3.8, 4) is 0 Å². The predicted octanol–water partition coefficient (Wildman–Crippen LogP) is 5.86. The van der Waals surface area contributed by atoms with Crippen molar-refractivity contribution in [2.75, 3.05) is 42.0 Å². The molecule has 2 aliphatic rings. The summed E-state index contributed by atoms with van der Waals surface area (Å²) in [6.07, 6.45) is 11.0. The van der Waals surface area contributed by atoms with Crippen molar-refractivity contribution in [2.45, 2.75) is 86.8 Å². The SMILES string of the molecule is CC1(C)C(/C=C/C(=C/C=C2\N(CCCCS(=O)(=O)[O-])c3cc(S(C)(=O)=O)ccc3C2(C)C)c2ccc(CCC(=O)O)cc2)=[N+](CCCCS(=O)(=O)[O-])c2cc(S(C)(=O)=O)ccc21. The molecule has 2 aliphatic heterocycles. The van der Waals surface area contributed by atoms with Gasteiger partial charge in [-0.3, -0.25) is 4.79 Å². The molecule has 0 atom stereocenters. The molecule has 0 fully saturated rings. The van der Waals surface area contributed by atoms with E-state index in [1.165, 1.54) is 0 Å². The highest BCUT2D eigenvalue weighted by molar-refractivity contribution is 7.91. The van der Waals surface area contributed by atoms with Gasteiger partial charge in [0, 0.05) is 77.9 Å². The summed E-state index contributed by atoms with van der Waals surface area (Å²) < 4.78 is 121. The summed E-state index contributed by atoms with van der Waals surface area (Å²) in [5, 5.41) is 9.26. The normalized spacial score (nSPS) is 17.3. The van der Waals surface area contributed by atoms with E-state index in [-0.39, 0.29) is 42.1 Å². The first kappa shape index (κ1) is 48.6. The van der Waals surface area contributed by atoms with Crippen LogP contribution in [0.25, 0.3) is 5.57 Å². The number of unbranched alkanes of at least 4 members (excludes halogenated alkanes) is 2. The van der Waals surface area contributed by atoms with Crippen LogP contribution in [-0.4, -0.2) is 101 Å². The van der Waals surface area contributed by atoms with Crippen LogP contribution in [0.5, 0.6) is 0 Å². The molecule has 0 amide bonds. The number of allylic oxidation sites excluding steroid dienone is 6. The lowest BCUT2D eigenvalue weighted by atomic mass is 9.81. The van der Waals surface area contributed by atoms with Crippen molar-refractivity contribution in [3.05, 3.63) is 113 Å². The topological polar surface area (TPSA) is 226 Å². The summed E-state index contributed by atoms with van der Waals surface area (Å²) in [5.41, 5.74) is 5.45. The fourth-order valence-corrected chi connectivity index (χ4v) is 10.5. The first-order chi connectivity index (χ1) is 28.6. The number of aliphatic carboxylic acids is 1. The number of anilines is 1. The van der Waals surface area contributed by atoms with Crippen LogP contribution in [0, 0.1) is 0 Å². The Kier molecular flexibility index (Phi) is 14.4. The van der Waals surface area contributed by atoms with Gasteiger partial charge < -0.3 is 19.1 Å². The minimum Gasteiger partial charge on any atom is -0.748 e. The van der Waals surface area contributed by atoms with Crippen molar-refractivity contribution < 1.29 is 57.3 Å². The van der Waals surface area contributed by atoms with Crippen LogP contribution in [0.15, 0.2) is 100 Å². The Balaban J connectivity index is 1.68. The summed E-state index contributed by atoms with van der Waals surface area (Å²) >= 11 is 0. The second-order valence-electron chi connectivity index (χ2n) is 16.9. The average Bonchev–Trinajstić information content (AvgIpc) is 3.50. The van der Waals surface area contributed by atoms with Gasteiger partial charge in [-0.25, -0.2) is 33.7 Å². The number of hydrogen-bond donors (Lipinski definition) is 1. The number of carboxylic acid groups (broad SMARTS) is 1. The number of rotatable bonds is 19. The molecule has 0 unspecified atom stereocenters. The van der Waals surface area contributed by atoms with E-state index in [4.69, 9.17) is 0 Å². The fourth-order valence-electron chi connectivity index (χ4n) is 8.07. The van der Waals surface area contributed by atoms with Gasteiger partial charge in [0.15, 0.2) is 25.4 Å². The molecule has 0 radical (unpaired) electrons. The minimum atomic E-state index is -4.45. The number of carbonyl (C=O) groups is 1. The van der Waals surface area contributed by atoms with Crippen LogP contribution in [0.4, 0.5) is 11.4 Å². The van der Waals surface area contributed by atoms with Gasteiger partial charge in [0.25, 0.3) is 0 Å². The highest BCUT2D eigenvalue weighted by Gasteiger charge is 2.45. The maximum absolute atomic E-state index is 12.7. The first-order valence-corrected chi connectivity index (χ1v) is 26.9. The Hall–Kier alpha value is -4.46. The zero-order valence-corrected chi connectivity index (χ0v) is 38.9. The number of nitrogens with zero attached hydrogens (tertiary/aromatic N) is 2. The number of sulfone groups is 2. The largest absolute Gasteiger partial charge is 0.748 e. The van der Waals surface area contributed by atoms with E-state index in [0.29, 0.717) is 36.2 Å². The quantitative estimate of drug-likeness (QED) is 0.0644. The Morgan fingerprint density at radius 2 is 1.31 bits per heavy atom. The maximum atomic E-state index is 12.7. The molecule has 0 aliphatic carbocycles. The molecule has 1 N–H and O–H groups in total. The predicted molar refractivity (Wildman–Crippen MR) is 237 cm³/mol. The summed E-state index contributed by atoms with van der Waals surface area (Å²) in [4.78, 5) is 13.5. The van der Waals surface area contributed by atoms with Crippen molar-refractivity contribution in [3.63, 3.8) is 0 Å². The molecular formula is C44H53N2O12S4-. The average molecular weight is 930 g/mol. The number of aryl methyl sites for hydroxylation is 1. The van der Waals surface area contributed by atoms with E-state index >= 15 is 0 Å². The fraction of sp³-hybridized carbons (Fsp3) is 0.409. The molecule has 3 aromatic carbocycles. The van der Waals surface area contributed by atoms with Gasteiger partial charge >= 0.3 is 5.97 Å². The van der Waals surface area contributed by atoms with E-state index in [1.807, 2.05) is 85.7 Å². The van der Waals surface area contributed by atoms with E-state index < -0.39 is 68.2 Å². The first-order valence-electron chi connectivity index (χ1n) is 20.0. The molecule has 336 valence electrons. The Morgan fingerprint density at radius 3 is 1.87 bits per heavy atom. The summed E-state index contributed by atoms with van der Waals surface area (Å²) in [5.74, 6) is -2.01. The van der Waals surface area contributed by atoms with Crippen LogP contribution >= 0.6 is 0 Å². The highest BCUT2D eigenvalue weighted by Crippen LogP contribution is 2.49. The van der Waals surface area contributed by atoms with Gasteiger partial charge in [-0.1, -0.05) is 50.3 Å². The van der Waals surface area contributed by atoms with Crippen molar-refractivity contribution in [2.24, 2.45) is 0 Å². The molecule has 0 aromatic heterocycles. The molecule has 0 spiro atoms. The summed E-state index contributed by atoms with van der Waals surface area (Å²) in [6, 6.07) is 17.3. The van der Waals surface area contributed by atoms with Gasteiger partial charge in [0.2, 0.25) is 5.69 Å². The number of carboxylic acids is 1. The van der Waals surface area contributed by atoms with E-state index in [9.17, 15) is 52.7 Å². The number of benzene rings is 3. The maximum Gasteiger partial charge on any atom is 0.303 e. The molecule has 2 heterocycles. The molecule has 0 bridgehead atoms.